The molecule has 0 aliphatic heterocycles. The molecule has 1 amide bonds. The van der Waals surface area contributed by atoms with Crippen LogP contribution < -0.4 is 5.32 Å². The quantitative estimate of drug-likeness (QED) is 0.446. The molecule has 5 rings (SSSR count). The van der Waals surface area contributed by atoms with Crippen molar-refractivity contribution in [3.63, 3.8) is 0 Å². The smallest absolute Gasteiger partial charge is 0.274 e. The van der Waals surface area contributed by atoms with E-state index in [2.05, 4.69) is 15.4 Å². The normalized spacial score (nSPS) is 11.0. The highest BCUT2D eigenvalue weighted by Crippen LogP contribution is 2.23. The first-order chi connectivity index (χ1) is 14.7. The third-order valence-electron chi connectivity index (χ3n) is 4.80. The van der Waals surface area contributed by atoms with E-state index in [1.165, 1.54) is 0 Å². The Kier molecular flexibility index (Phi) is 4.53. The van der Waals surface area contributed by atoms with E-state index >= 15 is 0 Å². The fourth-order valence-electron chi connectivity index (χ4n) is 3.38. The average molecular weight is 414 g/mol. The summed E-state index contributed by atoms with van der Waals surface area (Å²) in [5, 5.41) is 7.82. The molecule has 0 unspecified atom stereocenters. The first kappa shape index (κ1) is 18.1. The number of rotatable bonds is 4. The van der Waals surface area contributed by atoms with Crippen molar-refractivity contribution < 1.29 is 4.79 Å². The van der Waals surface area contributed by atoms with Gasteiger partial charge >= 0.3 is 0 Å². The zero-order valence-corrected chi connectivity index (χ0v) is 16.5. The molecule has 1 N–H and O–H groups in total. The number of fused-ring (bicyclic) bond motifs is 1. The SMILES string of the molecule is O=C(Nc1cccc(Cl)c1)c1ccnn1-c1ccc2ccc(-c3cccnc3)cn12. The number of benzene rings is 1. The molecule has 1 aromatic carbocycles. The van der Waals surface area contributed by atoms with Crippen LogP contribution in [0.1, 0.15) is 10.5 Å². The summed E-state index contributed by atoms with van der Waals surface area (Å²) in [7, 11) is 0. The number of pyridine rings is 2. The molecule has 30 heavy (non-hydrogen) atoms. The number of anilines is 1. The number of hydrogen-bond donors (Lipinski definition) is 1. The van der Waals surface area contributed by atoms with E-state index < -0.39 is 0 Å². The third-order valence-corrected chi connectivity index (χ3v) is 5.03. The van der Waals surface area contributed by atoms with Crippen molar-refractivity contribution in [2.45, 2.75) is 0 Å². The monoisotopic (exact) mass is 413 g/mol. The van der Waals surface area contributed by atoms with E-state index in [0.717, 1.165) is 22.5 Å². The topological polar surface area (TPSA) is 64.2 Å². The van der Waals surface area contributed by atoms with Crippen molar-refractivity contribution >= 4 is 28.7 Å². The van der Waals surface area contributed by atoms with Crippen LogP contribution in [-0.4, -0.2) is 25.1 Å². The maximum Gasteiger partial charge on any atom is 0.274 e. The minimum atomic E-state index is -0.270. The van der Waals surface area contributed by atoms with Crippen LogP contribution in [0.4, 0.5) is 5.69 Å². The Balaban J connectivity index is 1.54. The van der Waals surface area contributed by atoms with Crippen LogP contribution in [0, 0.1) is 0 Å². The summed E-state index contributed by atoms with van der Waals surface area (Å²) in [4.78, 5) is 17.1. The van der Waals surface area contributed by atoms with Crippen molar-refractivity contribution in [3.05, 3.63) is 102 Å². The Hall–Kier alpha value is -3.90. The van der Waals surface area contributed by atoms with E-state index in [4.69, 9.17) is 11.6 Å². The Bertz CT molecular complexity index is 1360. The van der Waals surface area contributed by atoms with Gasteiger partial charge in [-0.3, -0.25) is 9.78 Å². The van der Waals surface area contributed by atoms with Gasteiger partial charge in [0.05, 0.1) is 6.20 Å². The van der Waals surface area contributed by atoms with Gasteiger partial charge in [0.25, 0.3) is 5.91 Å². The standard InChI is InChI=1S/C23H16ClN5O/c24-18-4-1-5-19(13-18)27-23(30)21-10-12-26-29(21)22-9-8-20-7-6-17(15-28(20)22)16-3-2-11-25-14-16/h1-15H,(H,27,30). The van der Waals surface area contributed by atoms with Crippen molar-refractivity contribution in [3.8, 4) is 16.9 Å². The highest BCUT2D eigenvalue weighted by atomic mass is 35.5. The first-order valence-corrected chi connectivity index (χ1v) is 9.70. The fraction of sp³-hybridized carbons (Fsp3) is 0. The molecule has 0 fully saturated rings. The van der Waals surface area contributed by atoms with Gasteiger partial charge in [-0.25, -0.2) is 4.68 Å². The number of hydrogen-bond acceptors (Lipinski definition) is 3. The van der Waals surface area contributed by atoms with Crippen molar-refractivity contribution in [1.29, 1.82) is 0 Å². The maximum atomic E-state index is 12.9. The molecule has 0 atom stereocenters. The predicted octanol–water partition coefficient (Wildman–Crippen LogP) is 5.09. The number of aromatic nitrogens is 4. The van der Waals surface area contributed by atoms with Crippen LogP contribution in [0.2, 0.25) is 5.02 Å². The largest absolute Gasteiger partial charge is 0.321 e. The molecule has 4 heterocycles. The highest BCUT2D eigenvalue weighted by Gasteiger charge is 2.16. The summed E-state index contributed by atoms with van der Waals surface area (Å²) in [5.41, 5.74) is 4.07. The summed E-state index contributed by atoms with van der Waals surface area (Å²) in [5.74, 6) is 0.491. The molecule has 4 aromatic heterocycles. The number of halogens is 1. The van der Waals surface area contributed by atoms with E-state index in [-0.39, 0.29) is 5.91 Å². The minimum Gasteiger partial charge on any atom is -0.321 e. The number of carbonyl (C=O) groups excluding carboxylic acids is 1. The molecule has 5 aromatic rings. The molecule has 0 bridgehead atoms. The first-order valence-electron chi connectivity index (χ1n) is 9.32. The van der Waals surface area contributed by atoms with Gasteiger partial charge < -0.3 is 9.72 Å². The highest BCUT2D eigenvalue weighted by molar-refractivity contribution is 6.30. The van der Waals surface area contributed by atoms with Crippen LogP contribution in [0.5, 0.6) is 0 Å². The lowest BCUT2D eigenvalue weighted by Gasteiger charge is -2.10. The van der Waals surface area contributed by atoms with Gasteiger partial charge in [-0.05, 0) is 54.1 Å². The Morgan fingerprint density at radius 2 is 1.83 bits per heavy atom. The third kappa shape index (κ3) is 3.33. The van der Waals surface area contributed by atoms with Gasteiger partial charge in [0, 0.05) is 40.4 Å². The Morgan fingerprint density at radius 1 is 0.933 bits per heavy atom. The van der Waals surface area contributed by atoms with Gasteiger partial charge in [-0.15, -0.1) is 0 Å². The molecule has 0 saturated heterocycles. The Morgan fingerprint density at radius 3 is 2.67 bits per heavy atom. The molecule has 6 nitrogen and oxygen atoms in total. The van der Waals surface area contributed by atoms with Gasteiger partial charge in [0.2, 0.25) is 0 Å². The van der Waals surface area contributed by atoms with E-state index in [9.17, 15) is 4.79 Å². The van der Waals surface area contributed by atoms with Crippen molar-refractivity contribution in [2.24, 2.45) is 0 Å². The molecule has 0 aliphatic carbocycles. The van der Waals surface area contributed by atoms with Crippen LogP contribution in [0.25, 0.3) is 22.5 Å². The fourth-order valence-corrected chi connectivity index (χ4v) is 3.57. The number of nitrogens with one attached hydrogen (secondary N) is 1. The second kappa shape index (κ2) is 7.50. The minimum absolute atomic E-state index is 0.270. The number of amides is 1. The van der Waals surface area contributed by atoms with Crippen molar-refractivity contribution in [2.75, 3.05) is 5.32 Å². The summed E-state index contributed by atoms with van der Waals surface area (Å²) in [6, 6.07) is 20.6. The second-order valence-corrected chi connectivity index (χ2v) is 7.18. The van der Waals surface area contributed by atoms with Gasteiger partial charge in [0.15, 0.2) is 0 Å². The van der Waals surface area contributed by atoms with Crippen LogP contribution in [0.3, 0.4) is 0 Å². The van der Waals surface area contributed by atoms with Gasteiger partial charge in [-0.1, -0.05) is 29.8 Å². The zero-order valence-electron chi connectivity index (χ0n) is 15.7. The van der Waals surface area contributed by atoms with Gasteiger partial charge in [-0.2, -0.15) is 5.10 Å². The second-order valence-electron chi connectivity index (χ2n) is 6.74. The van der Waals surface area contributed by atoms with Crippen LogP contribution in [0.15, 0.2) is 91.5 Å². The molecular weight excluding hydrogens is 398 g/mol. The Labute approximate surface area is 177 Å². The lowest BCUT2D eigenvalue weighted by atomic mass is 10.1. The summed E-state index contributed by atoms with van der Waals surface area (Å²) >= 11 is 6.02. The molecule has 0 radical (unpaired) electrons. The molecule has 0 spiro atoms. The molecular formula is C23H16ClN5O. The maximum absolute atomic E-state index is 12.9. The summed E-state index contributed by atoms with van der Waals surface area (Å²) < 4.78 is 3.63. The molecule has 0 aliphatic rings. The summed E-state index contributed by atoms with van der Waals surface area (Å²) in [6.07, 6.45) is 7.19. The van der Waals surface area contributed by atoms with Crippen LogP contribution in [-0.2, 0) is 0 Å². The van der Waals surface area contributed by atoms with E-state index in [1.54, 1.807) is 47.4 Å². The summed E-state index contributed by atoms with van der Waals surface area (Å²) in [6.45, 7) is 0. The van der Waals surface area contributed by atoms with E-state index in [1.807, 2.05) is 53.2 Å². The number of carbonyl (C=O) groups is 1. The molecule has 7 heteroatoms. The average Bonchev–Trinajstić information content (AvgIpc) is 3.40. The lowest BCUT2D eigenvalue weighted by Crippen LogP contribution is -2.17. The lowest BCUT2D eigenvalue weighted by molar-refractivity contribution is 0.101. The van der Waals surface area contributed by atoms with Gasteiger partial charge in [0.1, 0.15) is 11.5 Å². The van der Waals surface area contributed by atoms with Crippen LogP contribution >= 0.6 is 11.6 Å². The molecule has 0 saturated carbocycles. The number of nitrogens with zero attached hydrogens (tertiary/aromatic N) is 4. The zero-order chi connectivity index (χ0) is 20.5. The van der Waals surface area contributed by atoms with Crippen molar-refractivity contribution in [1.82, 2.24) is 19.2 Å². The predicted molar refractivity (Wildman–Crippen MR) is 117 cm³/mol. The van der Waals surface area contributed by atoms with E-state index in [0.29, 0.717) is 16.4 Å². The molecule has 146 valence electrons.